The van der Waals surface area contributed by atoms with Crippen molar-refractivity contribution in [2.45, 2.75) is 52.0 Å². The van der Waals surface area contributed by atoms with Crippen LogP contribution in [0, 0.1) is 12.7 Å². The molecular formula is C34H35ClFN5O3. The molecule has 8 nitrogen and oxygen atoms in total. The van der Waals surface area contributed by atoms with Crippen molar-refractivity contribution < 1.29 is 19.2 Å². The average Bonchev–Trinajstić information content (AvgIpc) is 3.60. The number of carbonyl (C=O) groups excluding carboxylic acids is 2. The van der Waals surface area contributed by atoms with Crippen LogP contribution in [0.2, 0.25) is 5.02 Å². The summed E-state index contributed by atoms with van der Waals surface area (Å²) in [4.78, 5) is 28.2. The minimum absolute atomic E-state index is 0.250. The first-order valence-electron chi connectivity index (χ1n) is 14.7. The first kappa shape index (κ1) is 31.0. The van der Waals surface area contributed by atoms with Crippen molar-refractivity contribution in [3.63, 3.8) is 0 Å². The molecule has 0 saturated carbocycles. The molecule has 5 aromatic rings. The van der Waals surface area contributed by atoms with Gasteiger partial charge in [-0.05, 0) is 55.2 Å². The number of H-pyrrole nitrogens is 1. The quantitative estimate of drug-likeness (QED) is 0.0627. The van der Waals surface area contributed by atoms with Crippen LogP contribution in [0.15, 0.2) is 72.9 Å². The topological polar surface area (TPSA) is 112 Å². The predicted octanol–water partition coefficient (Wildman–Crippen LogP) is 7.42. The predicted molar refractivity (Wildman–Crippen MR) is 170 cm³/mol. The summed E-state index contributed by atoms with van der Waals surface area (Å²) >= 11 is 6.35. The van der Waals surface area contributed by atoms with Gasteiger partial charge in [-0.25, -0.2) is 9.87 Å². The lowest BCUT2D eigenvalue weighted by atomic mass is 9.98. The van der Waals surface area contributed by atoms with Gasteiger partial charge < -0.3 is 10.3 Å². The second-order valence-electron chi connectivity index (χ2n) is 10.9. The Morgan fingerprint density at radius 3 is 2.45 bits per heavy atom. The monoisotopic (exact) mass is 615 g/mol. The maximum Gasteiger partial charge on any atom is 0.268 e. The van der Waals surface area contributed by atoms with E-state index in [4.69, 9.17) is 21.9 Å². The van der Waals surface area contributed by atoms with Gasteiger partial charge in [0.05, 0.1) is 18.4 Å². The molecule has 10 heteroatoms. The van der Waals surface area contributed by atoms with Crippen LogP contribution in [-0.2, 0) is 11.3 Å². The van der Waals surface area contributed by atoms with Crippen LogP contribution in [0.5, 0.6) is 0 Å². The highest BCUT2D eigenvalue weighted by molar-refractivity contribution is 6.31. The van der Waals surface area contributed by atoms with Crippen molar-refractivity contribution in [2.24, 2.45) is 0 Å². The molecule has 0 aliphatic rings. The van der Waals surface area contributed by atoms with Crippen molar-refractivity contribution >= 4 is 34.3 Å². The van der Waals surface area contributed by atoms with Crippen LogP contribution < -0.4 is 10.8 Å². The summed E-state index contributed by atoms with van der Waals surface area (Å²) in [5.41, 5.74) is 7.96. The van der Waals surface area contributed by atoms with Crippen LogP contribution in [-0.4, -0.2) is 38.3 Å². The molecule has 0 aliphatic carbocycles. The number of nitrogens with one attached hydrogen (secondary N) is 3. The van der Waals surface area contributed by atoms with E-state index in [1.165, 1.54) is 12.1 Å². The Morgan fingerprint density at radius 1 is 0.977 bits per heavy atom. The van der Waals surface area contributed by atoms with E-state index in [0.717, 1.165) is 64.5 Å². The summed E-state index contributed by atoms with van der Waals surface area (Å²) in [6, 6.07) is 20.0. The average molecular weight is 616 g/mol. The Kier molecular flexibility index (Phi) is 10.1. The number of hydrogen-bond donors (Lipinski definition) is 4. The van der Waals surface area contributed by atoms with Gasteiger partial charge in [0, 0.05) is 40.0 Å². The smallest absolute Gasteiger partial charge is 0.268 e. The summed E-state index contributed by atoms with van der Waals surface area (Å²) in [5.74, 6) is -0.963. The zero-order valence-corrected chi connectivity index (χ0v) is 25.3. The lowest BCUT2D eigenvalue weighted by Crippen LogP contribution is -2.25. The minimum Gasteiger partial charge on any atom is -0.351 e. The van der Waals surface area contributed by atoms with E-state index < -0.39 is 0 Å². The van der Waals surface area contributed by atoms with Crippen molar-refractivity contribution in [3.05, 3.63) is 101 Å². The van der Waals surface area contributed by atoms with E-state index in [1.54, 1.807) is 35.9 Å². The second-order valence-corrected chi connectivity index (χ2v) is 11.4. The number of aromatic amines is 1. The lowest BCUT2D eigenvalue weighted by Gasteiger charge is -2.13. The summed E-state index contributed by atoms with van der Waals surface area (Å²) in [5, 5.41) is 17.8. The first-order valence-corrected chi connectivity index (χ1v) is 15.1. The number of carbonyl (C=O) groups is 2. The molecule has 0 fully saturated rings. The van der Waals surface area contributed by atoms with E-state index in [0.29, 0.717) is 42.2 Å². The van der Waals surface area contributed by atoms with E-state index >= 15 is 0 Å². The third-order valence-electron chi connectivity index (χ3n) is 7.66. The maximum absolute atomic E-state index is 13.9. The number of fused-ring (bicyclic) bond motifs is 1. The molecular weight excluding hydrogens is 581 g/mol. The summed E-state index contributed by atoms with van der Waals surface area (Å²) in [7, 11) is 0. The lowest BCUT2D eigenvalue weighted by molar-refractivity contribution is -0.129. The van der Waals surface area contributed by atoms with Crippen molar-refractivity contribution in [2.75, 3.05) is 6.54 Å². The number of nitrogens with zero attached hydrogens (tertiary/aromatic N) is 2. The maximum atomic E-state index is 13.9. The van der Waals surface area contributed by atoms with Gasteiger partial charge in [-0.3, -0.25) is 19.5 Å². The van der Waals surface area contributed by atoms with Crippen LogP contribution in [0.1, 0.15) is 60.1 Å². The Labute approximate surface area is 260 Å². The number of aromatic nitrogens is 3. The van der Waals surface area contributed by atoms with E-state index in [-0.39, 0.29) is 17.6 Å². The van der Waals surface area contributed by atoms with Gasteiger partial charge in [0.1, 0.15) is 11.5 Å². The molecule has 5 rings (SSSR count). The van der Waals surface area contributed by atoms with Crippen molar-refractivity contribution in [3.8, 4) is 22.4 Å². The first-order chi connectivity index (χ1) is 21.3. The minimum atomic E-state index is -0.379. The van der Waals surface area contributed by atoms with Crippen molar-refractivity contribution in [1.82, 2.24) is 25.6 Å². The summed E-state index contributed by atoms with van der Waals surface area (Å²) < 4.78 is 15.8. The van der Waals surface area contributed by atoms with E-state index in [1.807, 2.05) is 17.7 Å². The standard InChI is InChI=1S/C34H35ClFN5O3/c1-22-8-10-23(11-9-22)21-41-33(28(20-38-41)24-12-15-26(36)16-13-24)31-27-17-14-25(35)19-29(27)39-32(31)34(43)37-18-6-4-2-3-5-7-30(42)40-44/h8-17,19-20,39,44H,2-7,18,21H2,1H3,(H,37,43)(H,40,42). The number of hydrogen-bond acceptors (Lipinski definition) is 4. The van der Waals surface area contributed by atoms with Gasteiger partial charge in [0.25, 0.3) is 5.91 Å². The van der Waals surface area contributed by atoms with Gasteiger partial charge in [0.15, 0.2) is 0 Å². The molecule has 0 atom stereocenters. The molecule has 44 heavy (non-hydrogen) atoms. The van der Waals surface area contributed by atoms with Crippen LogP contribution in [0.25, 0.3) is 33.3 Å². The van der Waals surface area contributed by atoms with Crippen LogP contribution in [0.4, 0.5) is 4.39 Å². The molecule has 0 spiro atoms. The Bertz CT molecular complexity index is 1750. The van der Waals surface area contributed by atoms with Crippen LogP contribution >= 0.6 is 11.6 Å². The Hall–Kier alpha value is -4.47. The molecule has 0 saturated heterocycles. The highest BCUT2D eigenvalue weighted by Crippen LogP contribution is 2.40. The molecule has 228 valence electrons. The van der Waals surface area contributed by atoms with Gasteiger partial charge >= 0.3 is 0 Å². The fourth-order valence-corrected chi connectivity index (χ4v) is 5.52. The van der Waals surface area contributed by atoms with Crippen molar-refractivity contribution in [1.29, 1.82) is 0 Å². The molecule has 4 N–H and O–H groups in total. The highest BCUT2D eigenvalue weighted by atomic mass is 35.5. The Balaban J connectivity index is 1.46. The van der Waals surface area contributed by atoms with E-state index in [9.17, 15) is 14.0 Å². The number of amides is 2. The zero-order valence-electron chi connectivity index (χ0n) is 24.5. The largest absolute Gasteiger partial charge is 0.351 e. The normalized spacial score (nSPS) is 11.2. The molecule has 2 heterocycles. The number of aryl methyl sites for hydroxylation is 1. The van der Waals surface area contributed by atoms with Gasteiger partial charge in [-0.15, -0.1) is 0 Å². The molecule has 2 aromatic heterocycles. The third kappa shape index (κ3) is 7.35. The van der Waals surface area contributed by atoms with Gasteiger partial charge in [-0.2, -0.15) is 5.10 Å². The molecule has 3 aromatic carbocycles. The van der Waals surface area contributed by atoms with Gasteiger partial charge in [-0.1, -0.05) is 78.9 Å². The SMILES string of the molecule is Cc1ccc(Cn2ncc(-c3ccc(F)cc3)c2-c2c(C(=O)NCCCCCCCC(=O)NO)[nH]c3cc(Cl)ccc23)cc1. The summed E-state index contributed by atoms with van der Waals surface area (Å²) in [6.45, 7) is 2.99. The molecule has 0 radical (unpaired) electrons. The number of unbranched alkanes of at least 4 members (excludes halogenated alkanes) is 4. The molecule has 0 aliphatic heterocycles. The number of halogens is 2. The zero-order chi connectivity index (χ0) is 31.1. The highest BCUT2D eigenvalue weighted by Gasteiger charge is 2.26. The molecule has 0 bridgehead atoms. The van der Waals surface area contributed by atoms with E-state index in [2.05, 4.69) is 34.6 Å². The Morgan fingerprint density at radius 2 is 1.70 bits per heavy atom. The fraction of sp³-hybridized carbons (Fsp3) is 0.265. The molecule has 2 amide bonds. The summed E-state index contributed by atoms with van der Waals surface area (Å²) in [6.07, 6.45) is 6.22. The van der Waals surface area contributed by atoms with Crippen LogP contribution in [0.3, 0.4) is 0 Å². The number of hydroxylamine groups is 1. The number of benzene rings is 3. The van der Waals surface area contributed by atoms with Gasteiger partial charge in [0.2, 0.25) is 5.91 Å². The number of rotatable bonds is 13. The molecule has 0 unspecified atom stereocenters. The second kappa shape index (κ2) is 14.3. The third-order valence-corrected chi connectivity index (χ3v) is 7.90. The fourth-order valence-electron chi connectivity index (χ4n) is 5.35.